The Hall–Kier alpha value is -0.770. The minimum atomic E-state index is 0.113. The quantitative estimate of drug-likeness (QED) is 0.700. The van der Waals surface area contributed by atoms with E-state index in [1.54, 1.807) is 4.90 Å². The summed E-state index contributed by atoms with van der Waals surface area (Å²) in [6.45, 7) is 2.00. The summed E-state index contributed by atoms with van der Waals surface area (Å²) < 4.78 is 6.07. The van der Waals surface area contributed by atoms with Crippen LogP contribution >= 0.6 is 15.9 Å². The second-order valence-electron chi connectivity index (χ2n) is 3.29. The number of rotatable bonds is 0. The summed E-state index contributed by atoms with van der Waals surface area (Å²) in [5.41, 5.74) is 1.11. The molecule has 70 valence electrons. The third-order valence-electron chi connectivity index (χ3n) is 2.55. The van der Waals surface area contributed by atoms with Gasteiger partial charge < -0.3 is 9.32 Å². The fourth-order valence-corrected chi connectivity index (χ4v) is 2.03. The van der Waals surface area contributed by atoms with Crippen molar-refractivity contribution in [2.45, 2.75) is 19.4 Å². The van der Waals surface area contributed by atoms with Gasteiger partial charge >= 0.3 is 0 Å². The predicted octanol–water partition coefficient (Wildman–Crippen LogP) is 2.12. The smallest absolute Gasteiger partial charge is 0.230 e. The Labute approximate surface area is 84.8 Å². The Morgan fingerprint density at radius 1 is 1.69 bits per heavy atom. The molecule has 0 aliphatic carbocycles. The highest BCUT2D eigenvalue weighted by atomic mass is 79.9. The van der Waals surface area contributed by atoms with Crippen molar-refractivity contribution >= 4 is 21.8 Å². The largest absolute Gasteiger partial charge is 0.453 e. The van der Waals surface area contributed by atoms with E-state index in [4.69, 9.17) is 4.42 Å². The lowest BCUT2D eigenvalue weighted by molar-refractivity contribution is -0.132. The number of fused-ring (bicyclic) bond motifs is 1. The first-order chi connectivity index (χ1) is 6.09. The van der Waals surface area contributed by atoms with Crippen molar-refractivity contribution in [2.24, 2.45) is 0 Å². The zero-order valence-corrected chi connectivity index (χ0v) is 9.09. The molecule has 0 bridgehead atoms. The third-order valence-corrected chi connectivity index (χ3v) is 2.94. The molecule has 0 N–H and O–H groups in total. The van der Waals surface area contributed by atoms with E-state index in [1.807, 2.05) is 20.0 Å². The molecule has 0 saturated carbocycles. The summed E-state index contributed by atoms with van der Waals surface area (Å²) in [4.78, 5) is 13.2. The molecule has 1 aromatic rings. The summed E-state index contributed by atoms with van der Waals surface area (Å²) in [6.07, 6.45) is 0.377. The molecule has 1 atom stereocenters. The molecule has 1 aliphatic rings. The van der Waals surface area contributed by atoms with Crippen LogP contribution in [0.5, 0.6) is 0 Å². The van der Waals surface area contributed by atoms with Crippen LogP contribution in [0.25, 0.3) is 0 Å². The van der Waals surface area contributed by atoms with Crippen molar-refractivity contribution in [3.05, 3.63) is 22.1 Å². The molecule has 0 radical (unpaired) electrons. The van der Waals surface area contributed by atoms with Gasteiger partial charge in [0.1, 0.15) is 5.76 Å². The number of carbonyl (C=O) groups is 1. The highest BCUT2D eigenvalue weighted by Gasteiger charge is 2.29. The lowest BCUT2D eigenvalue weighted by Gasteiger charge is -2.28. The summed E-state index contributed by atoms with van der Waals surface area (Å²) in [5.74, 6) is 0.907. The molecule has 1 aliphatic heterocycles. The number of furan rings is 1. The summed E-state index contributed by atoms with van der Waals surface area (Å²) >= 11 is 3.26. The SMILES string of the molecule is CC1c2cc(Br)oc2CC(=O)N1C. The molecular formula is C9H10BrNO2. The van der Waals surface area contributed by atoms with E-state index < -0.39 is 0 Å². The highest BCUT2D eigenvalue weighted by molar-refractivity contribution is 9.10. The monoisotopic (exact) mass is 243 g/mol. The summed E-state index contributed by atoms with van der Waals surface area (Å²) in [7, 11) is 1.82. The van der Waals surface area contributed by atoms with Crippen LogP contribution in [0.4, 0.5) is 0 Å². The van der Waals surface area contributed by atoms with Crippen molar-refractivity contribution in [3.8, 4) is 0 Å². The lowest BCUT2D eigenvalue weighted by atomic mass is 10.0. The van der Waals surface area contributed by atoms with Crippen LogP contribution in [0.2, 0.25) is 0 Å². The molecule has 0 saturated heterocycles. The van der Waals surface area contributed by atoms with E-state index in [0.29, 0.717) is 11.1 Å². The van der Waals surface area contributed by atoms with Gasteiger partial charge in [0.15, 0.2) is 4.67 Å². The Kier molecular flexibility index (Phi) is 1.95. The average molecular weight is 244 g/mol. The van der Waals surface area contributed by atoms with Crippen LogP contribution < -0.4 is 0 Å². The topological polar surface area (TPSA) is 33.5 Å². The molecule has 13 heavy (non-hydrogen) atoms. The Bertz CT molecular complexity index is 358. The number of likely N-dealkylation sites (N-methyl/N-ethyl adjacent to an activating group) is 1. The van der Waals surface area contributed by atoms with E-state index >= 15 is 0 Å². The van der Waals surface area contributed by atoms with Gasteiger partial charge in [-0.3, -0.25) is 4.79 Å². The molecule has 1 amide bonds. The molecule has 4 heteroatoms. The fraction of sp³-hybridized carbons (Fsp3) is 0.444. The number of carbonyl (C=O) groups excluding carboxylic acids is 1. The molecule has 0 spiro atoms. The Balaban J connectivity index is 2.48. The van der Waals surface area contributed by atoms with Gasteiger partial charge in [0.05, 0.1) is 12.5 Å². The van der Waals surface area contributed by atoms with Crippen LogP contribution in [-0.2, 0) is 11.2 Å². The number of hydrogen-bond donors (Lipinski definition) is 0. The minimum absolute atomic E-state index is 0.113. The average Bonchev–Trinajstić information content (AvgIpc) is 2.42. The van der Waals surface area contributed by atoms with Crippen molar-refractivity contribution in [1.82, 2.24) is 4.90 Å². The maximum absolute atomic E-state index is 11.4. The number of nitrogens with zero attached hydrogens (tertiary/aromatic N) is 1. The van der Waals surface area contributed by atoms with Gasteiger partial charge in [-0.1, -0.05) is 0 Å². The Morgan fingerprint density at radius 3 is 3.08 bits per heavy atom. The second-order valence-corrected chi connectivity index (χ2v) is 4.07. The maximum atomic E-state index is 11.4. The molecule has 1 aromatic heterocycles. The number of amides is 1. The van der Waals surface area contributed by atoms with Gasteiger partial charge in [0, 0.05) is 12.6 Å². The van der Waals surface area contributed by atoms with Gasteiger partial charge in [-0.05, 0) is 28.9 Å². The highest BCUT2D eigenvalue weighted by Crippen LogP contribution is 2.33. The van der Waals surface area contributed by atoms with E-state index in [-0.39, 0.29) is 11.9 Å². The molecule has 1 unspecified atom stereocenters. The van der Waals surface area contributed by atoms with Gasteiger partial charge in [-0.25, -0.2) is 0 Å². The minimum Gasteiger partial charge on any atom is -0.453 e. The maximum Gasteiger partial charge on any atom is 0.230 e. The summed E-state index contributed by atoms with van der Waals surface area (Å²) in [5, 5.41) is 0. The van der Waals surface area contributed by atoms with Gasteiger partial charge in [0.25, 0.3) is 0 Å². The molecule has 3 nitrogen and oxygen atoms in total. The first-order valence-corrected chi connectivity index (χ1v) is 4.92. The van der Waals surface area contributed by atoms with Crippen LogP contribution in [0.1, 0.15) is 24.3 Å². The van der Waals surface area contributed by atoms with Crippen molar-refractivity contribution in [3.63, 3.8) is 0 Å². The summed E-state index contributed by atoms with van der Waals surface area (Å²) in [6, 6.07) is 2.05. The normalized spacial score (nSPS) is 21.9. The van der Waals surface area contributed by atoms with Crippen molar-refractivity contribution < 1.29 is 9.21 Å². The van der Waals surface area contributed by atoms with Gasteiger partial charge in [-0.2, -0.15) is 0 Å². The van der Waals surface area contributed by atoms with Gasteiger partial charge in [0.2, 0.25) is 5.91 Å². The van der Waals surface area contributed by atoms with Gasteiger partial charge in [-0.15, -0.1) is 0 Å². The molecular weight excluding hydrogens is 234 g/mol. The first kappa shape index (κ1) is 8.81. The Morgan fingerprint density at radius 2 is 2.38 bits per heavy atom. The van der Waals surface area contributed by atoms with E-state index in [1.165, 1.54) is 0 Å². The van der Waals surface area contributed by atoms with Crippen LogP contribution in [-0.4, -0.2) is 17.9 Å². The fourth-order valence-electron chi connectivity index (χ4n) is 1.59. The molecule has 0 aromatic carbocycles. The van der Waals surface area contributed by atoms with Crippen LogP contribution in [0, 0.1) is 0 Å². The third kappa shape index (κ3) is 1.29. The van der Waals surface area contributed by atoms with E-state index in [0.717, 1.165) is 11.3 Å². The molecule has 2 heterocycles. The van der Waals surface area contributed by atoms with Crippen LogP contribution in [0.3, 0.4) is 0 Å². The standard InChI is InChI=1S/C9H10BrNO2/c1-5-6-3-8(10)13-7(6)4-9(12)11(5)2/h3,5H,4H2,1-2H3. The van der Waals surface area contributed by atoms with Crippen molar-refractivity contribution in [2.75, 3.05) is 7.05 Å². The number of halogens is 1. The van der Waals surface area contributed by atoms with E-state index in [9.17, 15) is 4.79 Å². The predicted molar refractivity (Wildman–Crippen MR) is 51.3 cm³/mol. The zero-order valence-electron chi connectivity index (χ0n) is 7.50. The zero-order chi connectivity index (χ0) is 9.59. The van der Waals surface area contributed by atoms with Crippen LogP contribution in [0.15, 0.2) is 15.2 Å². The first-order valence-electron chi connectivity index (χ1n) is 4.13. The van der Waals surface area contributed by atoms with Crippen molar-refractivity contribution in [1.29, 1.82) is 0 Å². The molecule has 2 rings (SSSR count). The number of hydrogen-bond acceptors (Lipinski definition) is 2. The lowest BCUT2D eigenvalue weighted by Crippen LogP contribution is -2.35. The molecule has 0 fully saturated rings. The van der Waals surface area contributed by atoms with E-state index in [2.05, 4.69) is 15.9 Å². The second kappa shape index (κ2) is 2.87.